The van der Waals surface area contributed by atoms with Crippen LogP contribution in [0.25, 0.3) is 0 Å². The van der Waals surface area contributed by atoms with Gasteiger partial charge in [-0.2, -0.15) is 0 Å². The van der Waals surface area contributed by atoms with E-state index in [1.54, 1.807) is 0 Å². The van der Waals surface area contributed by atoms with E-state index in [0.29, 0.717) is 11.3 Å². The number of esters is 1. The van der Waals surface area contributed by atoms with E-state index in [1.807, 2.05) is 0 Å². The summed E-state index contributed by atoms with van der Waals surface area (Å²) in [5.74, 6) is -0.467. The molecular formula is C11H14N2O4S. The summed E-state index contributed by atoms with van der Waals surface area (Å²) in [6.45, 7) is 3.23. The van der Waals surface area contributed by atoms with Crippen LogP contribution in [0.5, 0.6) is 0 Å². The van der Waals surface area contributed by atoms with Crippen LogP contribution in [0.4, 0.5) is 0 Å². The van der Waals surface area contributed by atoms with Crippen molar-refractivity contribution in [2.24, 2.45) is 5.73 Å². The van der Waals surface area contributed by atoms with E-state index in [0.717, 1.165) is 0 Å². The topological polar surface area (TPSA) is 92.9 Å². The minimum Gasteiger partial charge on any atom is -0.457 e. The molecule has 0 spiro atoms. The van der Waals surface area contributed by atoms with Gasteiger partial charge in [-0.3, -0.25) is 9.69 Å². The maximum absolute atomic E-state index is 11.9. The van der Waals surface area contributed by atoms with Gasteiger partial charge in [0, 0.05) is 5.75 Å². The number of amides is 1. The average Bonchev–Trinajstić information content (AvgIpc) is 2.41. The lowest BCUT2D eigenvalue weighted by molar-refractivity contribution is -0.150. The fraction of sp³-hybridized carbons (Fsp3) is 0.455. The van der Waals surface area contributed by atoms with E-state index in [1.165, 1.54) is 22.7 Å². The van der Waals surface area contributed by atoms with E-state index in [2.05, 4.69) is 6.58 Å². The molecule has 2 heterocycles. The smallest absolute Gasteiger partial charge is 0.355 e. The van der Waals surface area contributed by atoms with Crippen molar-refractivity contribution in [3.63, 3.8) is 0 Å². The van der Waals surface area contributed by atoms with Crippen LogP contribution < -0.4 is 5.73 Å². The molecule has 0 aromatic heterocycles. The van der Waals surface area contributed by atoms with Gasteiger partial charge < -0.3 is 15.6 Å². The number of rotatable bonds is 4. The van der Waals surface area contributed by atoms with Crippen LogP contribution in [0.2, 0.25) is 0 Å². The fourth-order valence-electron chi connectivity index (χ4n) is 1.89. The molecule has 98 valence electrons. The second-order valence-electron chi connectivity index (χ2n) is 3.93. The van der Waals surface area contributed by atoms with Crippen molar-refractivity contribution in [2.75, 3.05) is 19.0 Å². The Kier molecular flexibility index (Phi) is 3.74. The lowest BCUT2D eigenvalue weighted by atomic mass is 10.0. The maximum atomic E-state index is 11.9. The number of carbonyl (C=O) groups excluding carboxylic acids is 2. The number of carbonyl (C=O) groups is 2. The van der Waals surface area contributed by atoms with Crippen molar-refractivity contribution in [1.82, 2.24) is 4.90 Å². The van der Waals surface area contributed by atoms with Gasteiger partial charge in [-0.1, -0.05) is 12.7 Å². The average molecular weight is 270 g/mol. The molecule has 2 aliphatic rings. The van der Waals surface area contributed by atoms with E-state index >= 15 is 0 Å². The Bertz CT molecular complexity index is 435. The largest absolute Gasteiger partial charge is 0.457 e. The van der Waals surface area contributed by atoms with Crippen molar-refractivity contribution in [1.29, 1.82) is 0 Å². The van der Waals surface area contributed by atoms with Crippen LogP contribution in [-0.2, 0) is 14.3 Å². The minimum absolute atomic E-state index is 0.0624. The molecule has 1 fully saturated rings. The Balaban J connectivity index is 2.26. The molecule has 1 saturated heterocycles. The molecule has 1 amide bonds. The van der Waals surface area contributed by atoms with Crippen molar-refractivity contribution < 1.29 is 19.4 Å². The van der Waals surface area contributed by atoms with Crippen LogP contribution >= 0.6 is 11.8 Å². The van der Waals surface area contributed by atoms with Crippen LogP contribution in [-0.4, -0.2) is 52.3 Å². The van der Waals surface area contributed by atoms with Gasteiger partial charge >= 0.3 is 5.97 Å². The summed E-state index contributed by atoms with van der Waals surface area (Å²) in [6.07, 6.45) is 1.44. The SMILES string of the molecule is C=CCOC(=O)C1=C(CO)CS[C@@H]2C(N)C(=O)N12. The molecule has 2 aliphatic heterocycles. The number of aliphatic hydroxyl groups excluding tert-OH is 1. The third kappa shape index (κ3) is 1.94. The summed E-state index contributed by atoms with van der Waals surface area (Å²) in [5.41, 5.74) is 6.29. The summed E-state index contributed by atoms with van der Waals surface area (Å²) < 4.78 is 4.93. The normalized spacial score (nSPS) is 26.6. The zero-order valence-corrected chi connectivity index (χ0v) is 10.5. The van der Waals surface area contributed by atoms with Gasteiger partial charge in [0.05, 0.1) is 6.61 Å². The summed E-state index contributed by atoms with van der Waals surface area (Å²) in [7, 11) is 0. The number of β-lactam (4-membered cyclic amide) rings is 1. The highest BCUT2D eigenvalue weighted by atomic mass is 32.2. The zero-order valence-electron chi connectivity index (χ0n) is 9.67. The molecule has 1 unspecified atom stereocenters. The highest BCUT2D eigenvalue weighted by molar-refractivity contribution is 8.00. The Morgan fingerprint density at radius 3 is 3.06 bits per heavy atom. The van der Waals surface area contributed by atoms with Gasteiger partial charge in [-0.05, 0) is 5.57 Å². The number of thioether (sulfide) groups is 1. The highest BCUT2D eigenvalue weighted by Gasteiger charge is 2.51. The van der Waals surface area contributed by atoms with Gasteiger partial charge in [0.25, 0.3) is 0 Å². The van der Waals surface area contributed by atoms with Crippen molar-refractivity contribution in [3.8, 4) is 0 Å². The Labute approximate surface area is 108 Å². The predicted octanol–water partition coefficient (Wildman–Crippen LogP) is -0.796. The number of aliphatic hydroxyl groups is 1. The molecule has 0 radical (unpaired) electrons. The summed E-state index contributed by atoms with van der Waals surface area (Å²) in [5, 5.41) is 9.01. The molecule has 2 rings (SSSR count). The van der Waals surface area contributed by atoms with Crippen molar-refractivity contribution in [3.05, 3.63) is 23.9 Å². The predicted molar refractivity (Wildman–Crippen MR) is 66.3 cm³/mol. The van der Waals surface area contributed by atoms with E-state index in [4.69, 9.17) is 10.5 Å². The first-order valence-corrected chi connectivity index (χ1v) is 6.47. The summed E-state index contributed by atoms with van der Waals surface area (Å²) in [6, 6.07) is -0.586. The quantitative estimate of drug-likeness (QED) is 0.395. The second-order valence-corrected chi connectivity index (χ2v) is 5.04. The Morgan fingerprint density at radius 2 is 2.44 bits per heavy atom. The standard InChI is InChI=1S/C11H14N2O4S/c1-2-3-17-11(16)8-6(4-14)5-18-10-7(12)9(15)13(8)10/h2,7,10,14H,1,3-5,12H2/t7?,10-/m1/s1. The number of nitrogens with two attached hydrogens (primary N) is 1. The Hall–Kier alpha value is -1.31. The first kappa shape index (κ1) is 13.1. The number of hydrogen-bond donors (Lipinski definition) is 2. The molecule has 0 aromatic rings. The zero-order chi connectivity index (χ0) is 13.3. The maximum Gasteiger partial charge on any atom is 0.355 e. The molecular weight excluding hydrogens is 256 g/mol. The third-order valence-electron chi connectivity index (χ3n) is 2.80. The lowest BCUT2D eigenvalue weighted by Gasteiger charge is -2.48. The van der Waals surface area contributed by atoms with Crippen LogP contribution in [0.1, 0.15) is 0 Å². The van der Waals surface area contributed by atoms with Gasteiger partial charge in [0.1, 0.15) is 23.7 Å². The number of nitrogens with zero attached hydrogens (tertiary/aromatic N) is 1. The first-order chi connectivity index (χ1) is 8.61. The lowest BCUT2D eigenvalue weighted by Crippen LogP contribution is -2.68. The Morgan fingerprint density at radius 1 is 1.72 bits per heavy atom. The number of fused-ring (bicyclic) bond motifs is 1. The van der Waals surface area contributed by atoms with Crippen LogP contribution in [0.15, 0.2) is 23.9 Å². The summed E-state index contributed by atoms with van der Waals surface area (Å²) in [4.78, 5) is 24.9. The fourth-order valence-corrected chi connectivity index (χ4v) is 3.18. The highest BCUT2D eigenvalue weighted by Crippen LogP contribution is 2.39. The van der Waals surface area contributed by atoms with E-state index < -0.39 is 12.0 Å². The molecule has 0 aromatic carbocycles. The minimum atomic E-state index is -0.621. The molecule has 3 N–H and O–H groups in total. The third-order valence-corrected chi connectivity index (χ3v) is 4.17. The molecule has 7 heteroatoms. The molecule has 18 heavy (non-hydrogen) atoms. The van der Waals surface area contributed by atoms with Crippen LogP contribution in [0.3, 0.4) is 0 Å². The van der Waals surface area contributed by atoms with Gasteiger partial charge in [-0.15, -0.1) is 11.8 Å². The molecule has 0 bridgehead atoms. The number of hydrogen-bond acceptors (Lipinski definition) is 6. The molecule has 2 atom stereocenters. The van der Waals surface area contributed by atoms with Crippen LogP contribution in [0, 0.1) is 0 Å². The van der Waals surface area contributed by atoms with E-state index in [-0.39, 0.29) is 30.2 Å². The van der Waals surface area contributed by atoms with E-state index in [9.17, 15) is 14.7 Å². The monoisotopic (exact) mass is 270 g/mol. The van der Waals surface area contributed by atoms with Gasteiger partial charge in [-0.25, -0.2) is 4.79 Å². The van der Waals surface area contributed by atoms with Crippen molar-refractivity contribution >= 4 is 23.6 Å². The molecule has 0 saturated carbocycles. The van der Waals surface area contributed by atoms with Gasteiger partial charge in [0.15, 0.2) is 0 Å². The molecule has 0 aliphatic carbocycles. The molecule has 6 nitrogen and oxygen atoms in total. The first-order valence-electron chi connectivity index (χ1n) is 5.43. The summed E-state index contributed by atoms with van der Waals surface area (Å²) >= 11 is 1.44. The van der Waals surface area contributed by atoms with Crippen molar-refractivity contribution in [2.45, 2.75) is 11.4 Å². The number of ether oxygens (including phenoxy) is 1. The van der Waals surface area contributed by atoms with Gasteiger partial charge in [0.2, 0.25) is 5.91 Å². The second kappa shape index (κ2) is 5.13.